The molecule has 2 atom stereocenters. The smallest absolute Gasteiger partial charge is 0.352 e. The SMILES string of the molecule is C#CCON=C(C(=O)NC1C(=O)N2C(C(=O)O)=C(CSc3nncs3)CS[C@@H]12)c1nc(NC=O)sc1Cl. The number of thioether (sulfide) groups is 2. The number of hydrogen-bond donors (Lipinski definition) is 3. The molecule has 0 saturated carbocycles. The zero-order chi connectivity index (χ0) is 26.5. The van der Waals surface area contributed by atoms with E-state index in [1.165, 1.54) is 34.9 Å². The number of fused-ring (bicyclic) bond motifs is 1. The van der Waals surface area contributed by atoms with Crippen molar-refractivity contribution in [2.75, 3.05) is 23.4 Å². The molecule has 4 rings (SSSR count). The van der Waals surface area contributed by atoms with Crippen molar-refractivity contribution >= 4 is 92.8 Å². The first-order valence-corrected chi connectivity index (χ1v) is 14.1. The van der Waals surface area contributed by atoms with Crippen molar-refractivity contribution in [2.24, 2.45) is 5.16 Å². The zero-order valence-corrected chi connectivity index (χ0v) is 22.3. The van der Waals surface area contributed by atoms with E-state index in [-0.39, 0.29) is 33.2 Å². The molecule has 1 fully saturated rings. The van der Waals surface area contributed by atoms with Crippen molar-refractivity contribution in [3.63, 3.8) is 0 Å². The minimum atomic E-state index is -1.24. The Morgan fingerprint density at radius 1 is 1.49 bits per heavy atom. The Morgan fingerprint density at radius 3 is 2.97 bits per heavy atom. The fourth-order valence-electron chi connectivity index (χ4n) is 3.26. The summed E-state index contributed by atoms with van der Waals surface area (Å²) in [6, 6.07) is -1.04. The number of β-lactam (4-membered cyclic amide) rings is 1. The lowest BCUT2D eigenvalue weighted by Gasteiger charge is -2.49. The number of halogens is 1. The van der Waals surface area contributed by atoms with Crippen LogP contribution >= 0.6 is 57.8 Å². The fourth-order valence-corrected chi connectivity index (χ4v) is 7.24. The van der Waals surface area contributed by atoms with Crippen LogP contribution in [0.25, 0.3) is 0 Å². The number of carboxylic acid groups (broad SMARTS) is 1. The number of carbonyl (C=O) groups excluding carboxylic acids is 3. The molecule has 0 spiro atoms. The first kappa shape index (κ1) is 26.9. The van der Waals surface area contributed by atoms with Crippen LogP contribution in [0, 0.1) is 12.3 Å². The Morgan fingerprint density at radius 2 is 2.30 bits per heavy atom. The van der Waals surface area contributed by atoms with Crippen molar-refractivity contribution in [3.05, 3.63) is 26.8 Å². The minimum absolute atomic E-state index is 0.0323. The summed E-state index contributed by atoms with van der Waals surface area (Å²) in [6.07, 6.45) is 5.55. The largest absolute Gasteiger partial charge is 0.477 e. The van der Waals surface area contributed by atoms with Crippen LogP contribution in [0.4, 0.5) is 5.13 Å². The second-order valence-corrected chi connectivity index (χ2v) is 11.7. The molecule has 0 radical (unpaired) electrons. The lowest BCUT2D eigenvalue weighted by Crippen LogP contribution is -2.71. The summed E-state index contributed by atoms with van der Waals surface area (Å²) < 4.78 is 0.709. The van der Waals surface area contributed by atoms with E-state index in [1.54, 1.807) is 5.51 Å². The Kier molecular flexibility index (Phi) is 8.66. The van der Waals surface area contributed by atoms with Gasteiger partial charge in [0.25, 0.3) is 11.8 Å². The van der Waals surface area contributed by atoms with Crippen molar-refractivity contribution in [2.45, 2.75) is 15.8 Å². The highest BCUT2D eigenvalue weighted by atomic mass is 35.5. The molecule has 2 aromatic heterocycles. The van der Waals surface area contributed by atoms with Gasteiger partial charge >= 0.3 is 5.97 Å². The van der Waals surface area contributed by atoms with Gasteiger partial charge in [-0.15, -0.1) is 28.4 Å². The highest BCUT2D eigenvalue weighted by Crippen LogP contribution is 2.41. The van der Waals surface area contributed by atoms with E-state index in [1.807, 2.05) is 0 Å². The molecule has 2 aliphatic heterocycles. The van der Waals surface area contributed by atoms with Crippen molar-refractivity contribution in [1.82, 2.24) is 25.4 Å². The second-order valence-electron chi connectivity index (χ2n) is 6.93. The molecule has 192 valence electrons. The molecule has 13 nitrogen and oxygen atoms in total. The molecule has 0 aliphatic carbocycles. The van der Waals surface area contributed by atoms with E-state index >= 15 is 0 Å². The summed E-state index contributed by atoms with van der Waals surface area (Å²) in [4.78, 5) is 59.0. The molecular formula is C19H14ClN7O6S4. The van der Waals surface area contributed by atoms with E-state index < -0.39 is 29.2 Å². The summed E-state index contributed by atoms with van der Waals surface area (Å²) in [5.74, 6) is 0.156. The van der Waals surface area contributed by atoms with Crippen LogP contribution < -0.4 is 10.6 Å². The Bertz CT molecular complexity index is 1340. The van der Waals surface area contributed by atoms with Gasteiger partial charge in [-0.1, -0.05) is 57.1 Å². The minimum Gasteiger partial charge on any atom is -0.477 e. The molecular weight excluding hydrogens is 586 g/mol. The quantitative estimate of drug-likeness (QED) is 0.0641. The second kappa shape index (κ2) is 11.9. The van der Waals surface area contributed by atoms with Gasteiger partial charge in [0, 0.05) is 11.5 Å². The van der Waals surface area contributed by atoms with E-state index in [0.717, 1.165) is 16.2 Å². The number of carboxylic acids is 1. The molecule has 3 N–H and O–H groups in total. The third-order valence-electron chi connectivity index (χ3n) is 4.76. The van der Waals surface area contributed by atoms with Gasteiger partial charge in [-0.3, -0.25) is 19.3 Å². The number of thiazole rings is 1. The van der Waals surface area contributed by atoms with E-state index in [9.17, 15) is 24.3 Å². The topological polar surface area (TPSA) is 176 Å². The maximum Gasteiger partial charge on any atom is 0.352 e. The summed E-state index contributed by atoms with van der Waals surface area (Å²) in [7, 11) is 0. The number of nitrogens with one attached hydrogen (secondary N) is 2. The van der Waals surface area contributed by atoms with Gasteiger partial charge in [-0.25, -0.2) is 9.78 Å². The van der Waals surface area contributed by atoms with Gasteiger partial charge < -0.3 is 20.6 Å². The number of carbonyl (C=O) groups is 4. The van der Waals surface area contributed by atoms with Gasteiger partial charge in [-0.05, 0) is 5.57 Å². The number of terminal acetylenes is 1. The molecule has 37 heavy (non-hydrogen) atoms. The van der Waals surface area contributed by atoms with Gasteiger partial charge in [0.15, 0.2) is 21.8 Å². The average Bonchev–Trinajstić information content (AvgIpc) is 3.52. The third kappa shape index (κ3) is 5.72. The normalized spacial score (nSPS) is 19.0. The van der Waals surface area contributed by atoms with Crippen LogP contribution in [-0.2, 0) is 24.0 Å². The monoisotopic (exact) mass is 599 g/mol. The van der Waals surface area contributed by atoms with Gasteiger partial charge in [0.2, 0.25) is 6.41 Å². The molecule has 18 heteroatoms. The Balaban J connectivity index is 1.52. The molecule has 2 aliphatic rings. The maximum atomic E-state index is 13.1. The first-order chi connectivity index (χ1) is 17.8. The number of anilines is 1. The van der Waals surface area contributed by atoms with Crippen LogP contribution in [-0.4, -0.2) is 84.6 Å². The van der Waals surface area contributed by atoms with Gasteiger partial charge in [0.1, 0.15) is 32.7 Å². The molecule has 4 heterocycles. The number of aliphatic carboxylic acids is 1. The van der Waals surface area contributed by atoms with Crippen LogP contribution in [0.15, 0.2) is 26.3 Å². The number of rotatable bonds is 11. The van der Waals surface area contributed by atoms with Crippen molar-refractivity contribution in [3.8, 4) is 12.3 Å². The van der Waals surface area contributed by atoms with E-state index in [4.69, 9.17) is 22.9 Å². The number of oxime groups is 1. The molecule has 1 saturated heterocycles. The maximum absolute atomic E-state index is 13.1. The van der Waals surface area contributed by atoms with Crippen LogP contribution in [0.3, 0.4) is 0 Å². The lowest BCUT2D eigenvalue weighted by atomic mass is 10.0. The number of hydrogen-bond acceptors (Lipinski definition) is 13. The number of nitrogens with zero attached hydrogens (tertiary/aromatic N) is 5. The lowest BCUT2D eigenvalue weighted by molar-refractivity contribution is -0.150. The predicted octanol–water partition coefficient (Wildman–Crippen LogP) is 1.10. The summed E-state index contributed by atoms with van der Waals surface area (Å²) in [5.41, 5.74) is 1.55. The first-order valence-electron chi connectivity index (χ1n) is 9.95. The van der Waals surface area contributed by atoms with Gasteiger partial charge in [-0.2, -0.15) is 0 Å². The molecule has 2 aromatic rings. The summed E-state index contributed by atoms with van der Waals surface area (Å²) in [6.45, 7) is -0.253. The van der Waals surface area contributed by atoms with E-state index in [2.05, 4.69) is 36.9 Å². The summed E-state index contributed by atoms with van der Waals surface area (Å²) >= 11 is 11.0. The predicted molar refractivity (Wildman–Crippen MR) is 138 cm³/mol. The van der Waals surface area contributed by atoms with E-state index in [0.29, 0.717) is 27.8 Å². The molecule has 3 amide bonds. The Labute approximate surface area is 230 Å². The van der Waals surface area contributed by atoms with Crippen molar-refractivity contribution < 1.29 is 29.1 Å². The van der Waals surface area contributed by atoms with Gasteiger partial charge in [0.05, 0.1) is 0 Å². The molecule has 0 aromatic carbocycles. The zero-order valence-electron chi connectivity index (χ0n) is 18.2. The van der Waals surface area contributed by atoms with Crippen molar-refractivity contribution in [1.29, 1.82) is 0 Å². The van der Waals surface area contributed by atoms with Crippen LogP contribution in [0.1, 0.15) is 5.69 Å². The summed E-state index contributed by atoms with van der Waals surface area (Å²) in [5, 5.41) is 25.6. The molecule has 0 bridgehead atoms. The fraction of sp³-hybridized carbons (Fsp3) is 0.263. The Hall–Kier alpha value is -3.17. The van der Waals surface area contributed by atoms with Crippen LogP contribution in [0.2, 0.25) is 4.34 Å². The average molecular weight is 600 g/mol. The molecule has 1 unspecified atom stereocenters. The highest BCUT2D eigenvalue weighted by molar-refractivity contribution is 8.01. The number of aromatic nitrogens is 3. The van der Waals surface area contributed by atoms with Crippen LogP contribution in [0.5, 0.6) is 0 Å². The standard InChI is InChI=1S/C19H14ClN7O6S4/c1-2-3-33-26-10(9-13(20)37-18(24-9)21-6-28)14(29)23-11-15(30)27-12(17(31)32)8(4-34-16(11)27)5-35-19-25-22-7-36-19/h1,6-7,11,16H,3-5H2,(H,23,29)(H,31,32)(H,21,24,28)/t11?,16-/m0/s1. The third-order valence-corrected chi connectivity index (χ3v) is 9.23. The highest BCUT2D eigenvalue weighted by Gasteiger charge is 2.54. The number of amides is 3.